The third-order valence-electron chi connectivity index (χ3n) is 4.84. The van der Waals surface area contributed by atoms with E-state index in [1.807, 2.05) is 42.5 Å². The van der Waals surface area contributed by atoms with Crippen LogP contribution in [0.3, 0.4) is 0 Å². The number of phenols is 1. The first-order valence-electron chi connectivity index (χ1n) is 9.90. The average molecular weight is 438 g/mol. The van der Waals surface area contributed by atoms with Gasteiger partial charge in [0, 0.05) is 27.5 Å². The van der Waals surface area contributed by atoms with Crippen LogP contribution in [-0.4, -0.2) is 23.5 Å². The van der Waals surface area contributed by atoms with Crippen molar-refractivity contribution in [3.63, 3.8) is 0 Å². The molecule has 1 N–H and O–H groups in total. The fourth-order valence-electron chi connectivity index (χ4n) is 3.33. The quantitative estimate of drug-likeness (QED) is 0.379. The van der Waals surface area contributed by atoms with Crippen LogP contribution in [0.15, 0.2) is 64.4 Å². The van der Waals surface area contributed by atoms with Crippen LogP contribution >= 0.6 is 11.8 Å². The van der Waals surface area contributed by atoms with Crippen molar-refractivity contribution in [3.8, 4) is 5.75 Å². The molecule has 7 heteroatoms. The van der Waals surface area contributed by atoms with Gasteiger partial charge in [-0.25, -0.2) is 9.69 Å². The molecule has 160 valence electrons. The Labute approximate surface area is 184 Å². The molecule has 0 spiro atoms. The number of esters is 1. The van der Waals surface area contributed by atoms with Crippen LogP contribution in [0.2, 0.25) is 0 Å². The minimum absolute atomic E-state index is 0.141. The number of hydrogen-bond acceptors (Lipinski definition) is 6. The number of rotatable bonds is 2. The van der Waals surface area contributed by atoms with Gasteiger partial charge in [0.1, 0.15) is 5.75 Å². The van der Waals surface area contributed by atoms with Crippen LogP contribution in [-0.2, 0) is 14.3 Å². The van der Waals surface area contributed by atoms with Crippen molar-refractivity contribution in [2.24, 2.45) is 5.41 Å². The van der Waals surface area contributed by atoms with Crippen LogP contribution < -0.4 is 4.90 Å². The van der Waals surface area contributed by atoms with Crippen molar-refractivity contribution in [2.45, 2.75) is 43.8 Å². The monoisotopic (exact) mass is 437 g/mol. The number of fused-ring (bicyclic) bond motifs is 4. The summed E-state index contributed by atoms with van der Waals surface area (Å²) >= 11 is 1.47. The second-order valence-electron chi connectivity index (χ2n) is 8.30. The predicted molar refractivity (Wildman–Crippen MR) is 120 cm³/mol. The van der Waals surface area contributed by atoms with Gasteiger partial charge in [-0.05, 0) is 39.0 Å². The summed E-state index contributed by atoms with van der Waals surface area (Å²) in [7, 11) is 0. The molecule has 1 heterocycles. The van der Waals surface area contributed by atoms with Gasteiger partial charge in [-0.2, -0.15) is 0 Å². The summed E-state index contributed by atoms with van der Waals surface area (Å²) in [5.74, 6) is -0.319. The third-order valence-corrected chi connectivity index (χ3v) is 5.94. The highest BCUT2D eigenvalue weighted by Gasteiger charge is 2.34. The number of phenolic OH excluding ortho intramolecular Hbond substituents is 1. The maximum absolute atomic E-state index is 13.3. The van der Waals surface area contributed by atoms with Crippen molar-refractivity contribution >= 4 is 46.0 Å². The Bertz CT molecular complexity index is 1180. The topological polar surface area (TPSA) is 76.1 Å². The Balaban J connectivity index is 1.76. The Morgan fingerprint density at radius 3 is 2.32 bits per heavy atom. The smallest absolute Gasteiger partial charge is 0.422 e. The number of carbonyl (C=O) groups is 2. The van der Waals surface area contributed by atoms with Crippen LogP contribution in [0.4, 0.5) is 16.2 Å². The van der Waals surface area contributed by atoms with Crippen LogP contribution in [0, 0.1) is 5.41 Å². The van der Waals surface area contributed by atoms with Crippen LogP contribution in [0.5, 0.6) is 5.75 Å². The Morgan fingerprint density at radius 1 is 0.968 bits per heavy atom. The molecule has 0 bridgehead atoms. The van der Waals surface area contributed by atoms with Crippen molar-refractivity contribution in [1.82, 2.24) is 0 Å². The summed E-state index contributed by atoms with van der Waals surface area (Å²) in [4.78, 5) is 28.6. The number of anilines is 2. The predicted octanol–water partition coefficient (Wildman–Crippen LogP) is 6.22. The Kier molecular flexibility index (Phi) is 5.31. The van der Waals surface area contributed by atoms with Crippen molar-refractivity contribution in [1.29, 1.82) is 0 Å². The fourth-order valence-corrected chi connectivity index (χ4v) is 4.44. The van der Waals surface area contributed by atoms with E-state index in [0.29, 0.717) is 16.8 Å². The highest BCUT2D eigenvalue weighted by atomic mass is 32.2. The SMILES string of the molecule is CC(OC(=O)N1c2ccccc2Sc2cc(O)c3ccccc3c21)OC(=O)C(C)(C)C. The second-order valence-corrected chi connectivity index (χ2v) is 9.38. The lowest BCUT2D eigenvalue weighted by atomic mass is 9.97. The highest BCUT2D eigenvalue weighted by Crippen LogP contribution is 2.52. The van der Waals surface area contributed by atoms with E-state index >= 15 is 0 Å². The number of nitrogens with zero attached hydrogens (tertiary/aromatic N) is 1. The van der Waals surface area contributed by atoms with Gasteiger partial charge in [-0.3, -0.25) is 4.79 Å². The Morgan fingerprint density at radius 2 is 1.61 bits per heavy atom. The molecule has 1 amide bonds. The zero-order valence-electron chi connectivity index (χ0n) is 17.7. The van der Waals surface area contributed by atoms with Gasteiger partial charge < -0.3 is 14.6 Å². The first kappa shape index (κ1) is 21.1. The van der Waals surface area contributed by atoms with E-state index in [-0.39, 0.29) is 5.75 Å². The van der Waals surface area contributed by atoms with E-state index < -0.39 is 23.8 Å². The number of amides is 1. The molecule has 0 fully saturated rings. The first-order chi connectivity index (χ1) is 14.7. The van der Waals surface area contributed by atoms with Crippen molar-refractivity contribution < 1.29 is 24.2 Å². The summed E-state index contributed by atoms with van der Waals surface area (Å²) in [6, 6.07) is 16.4. The molecule has 1 aliphatic heterocycles. The summed E-state index contributed by atoms with van der Waals surface area (Å²) in [5.41, 5.74) is 0.571. The van der Waals surface area contributed by atoms with Gasteiger partial charge in [0.05, 0.1) is 16.8 Å². The second kappa shape index (κ2) is 7.81. The standard InChI is InChI=1S/C24H23NO5S/c1-14(29-22(27)24(2,3)4)30-23(28)25-17-11-7-8-12-19(17)31-20-13-18(26)15-9-5-6-10-16(15)21(20)25/h5-14,26H,1-4H3. The molecule has 31 heavy (non-hydrogen) atoms. The molecule has 0 saturated heterocycles. The lowest BCUT2D eigenvalue weighted by Gasteiger charge is -2.32. The van der Waals surface area contributed by atoms with Crippen LogP contribution in [0.25, 0.3) is 10.8 Å². The fraction of sp³-hybridized carbons (Fsp3) is 0.250. The molecule has 1 unspecified atom stereocenters. The lowest BCUT2D eigenvalue weighted by molar-refractivity contribution is -0.174. The molecule has 1 aliphatic rings. The van der Waals surface area contributed by atoms with Crippen molar-refractivity contribution in [3.05, 3.63) is 54.6 Å². The molecule has 0 radical (unpaired) electrons. The average Bonchev–Trinajstić information content (AvgIpc) is 2.71. The Hall–Kier alpha value is -3.19. The van der Waals surface area contributed by atoms with Crippen molar-refractivity contribution in [2.75, 3.05) is 4.90 Å². The molecule has 3 aromatic carbocycles. The number of hydrogen-bond donors (Lipinski definition) is 1. The highest BCUT2D eigenvalue weighted by molar-refractivity contribution is 7.99. The van der Waals surface area contributed by atoms with Gasteiger partial charge in [-0.1, -0.05) is 48.2 Å². The van der Waals surface area contributed by atoms with Crippen LogP contribution in [0.1, 0.15) is 27.7 Å². The summed E-state index contributed by atoms with van der Waals surface area (Å²) in [6.07, 6.45) is -1.73. The van der Waals surface area contributed by atoms with E-state index in [9.17, 15) is 14.7 Å². The van der Waals surface area contributed by atoms with Gasteiger partial charge in [0.25, 0.3) is 0 Å². The molecule has 4 rings (SSSR count). The number of carbonyl (C=O) groups excluding carboxylic acids is 2. The van der Waals surface area contributed by atoms with Gasteiger partial charge >= 0.3 is 12.1 Å². The lowest BCUT2D eigenvalue weighted by Crippen LogP contribution is -2.35. The number of benzene rings is 3. The molecule has 1 atom stereocenters. The molecule has 0 aromatic heterocycles. The summed E-state index contributed by atoms with van der Waals surface area (Å²) in [5, 5.41) is 11.9. The largest absolute Gasteiger partial charge is 0.507 e. The summed E-state index contributed by atoms with van der Waals surface area (Å²) in [6.45, 7) is 6.71. The van der Waals surface area contributed by atoms with E-state index in [2.05, 4.69) is 0 Å². The maximum Gasteiger partial charge on any atom is 0.422 e. The normalized spacial score (nSPS) is 13.9. The number of para-hydroxylation sites is 1. The third kappa shape index (κ3) is 3.93. The first-order valence-corrected chi connectivity index (χ1v) is 10.7. The van der Waals surface area contributed by atoms with E-state index in [0.717, 1.165) is 15.2 Å². The van der Waals surface area contributed by atoms with Gasteiger partial charge in [0.15, 0.2) is 0 Å². The number of aromatic hydroxyl groups is 1. The van der Waals surface area contributed by atoms with Gasteiger partial charge in [-0.15, -0.1) is 0 Å². The zero-order chi connectivity index (χ0) is 22.3. The molecule has 0 saturated carbocycles. The minimum Gasteiger partial charge on any atom is -0.507 e. The number of ether oxygens (including phenoxy) is 2. The molecular formula is C24H23NO5S. The molecule has 6 nitrogen and oxygen atoms in total. The maximum atomic E-state index is 13.3. The van der Waals surface area contributed by atoms with E-state index in [1.165, 1.54) is 23.6 Å². The van der Waals surface area contributed by atoms with E-state index in [4.69, 9.17) is 9.47 Å². The minimum atomic E-state index is -1.06. The molecule has 0 aliphatic carbocycles. The molecular weight excluding hydrogens is 414 g/mol. The molecule has 3 aromatic rings. The van der Waals surface area contributed by atoms with E-state index in [1.54, 1.807) is 32.9 Å². The summed E-state index contributed by atoms with van der Waals surface area (Å²) < 4.78 is 10.8. The van der Waals surface area contributed by atoms with Gasteiger partial charge in [0.2, 0.25) is 6.29 Å². The zero-order valence-corrected chi connectivity index (χ0v) is 18.5.